The molecule has 7 heteroatoms. The molecule has 2 rings (SSSR count). The number of esters is 1. The Balaban J connectivity index is 1.84. The zero-order valence-corrected chi connectivity index (χ0v) is 16.3. The van der Waals surface area contributed by atoms with Gasteiger partial charge < -0.3 is 24.3 Å². The Kier molecular flexibility index (Phi) is 8.14. The van der Waals surface area contributed by atoms with E-state index in [1.165, 1.54) is 14.2 Å². The summed E-state index contributed by atoms with van der Waals surface area (Å²) in [6.45, 7) is 2.32. The molecule has 2 aromatic carbocycles. The van der Waals surface area contributed by atoms with Crippen molar-refractivity contribution in [3.05, 3.63) is 48.0 Å². The van der Waals surface area contributed by atoms with E-state index in [0.717, 1.165) is 12.8 Å². The molecule has 0 bridgehead atoms. The van der Waals surface area contributed by atoms with Crippen LogP contribution in [0.1, 0.15) is 30.1 Å². The van der Waals surface area contributed by atoms with Crippen LogP contribution >= 0.6 is 0 Å². The lowest BCUT2D eigenvalue weighted by Gasteiger charge is -2.11. The number of nitrogens with one attached hydrogen (secondary N) is 1. The molecule has 0 heterocycles. The van der Waals surface area contributed by atoms with Crippen LogP contribution < -0.4 is 19.5 Å². The Hall–Kier alpha value is -3.22. The molecule has 0 aromatic heterocycles. The largest absolute Gasteiger partial charge is 0.494 e. The highest BCUT2D eigenvalue weighted by atomic mass is 16.5. The highest BCUT2D eigenvalue weighted by Gasteiger charge is 2.12. The normalized spacial score (nSPS) is 10.1. The Morgan fingerprint density at radius 3 is 2.32 bits per heavy atom. The van der Waals surface area contributed by atoms with Gasteiger partial charge in [-0.15, -0.1) is 0 Å². The lowest BCUT2D eigenvalue weighted by Crippen LogP contribution is -2.21. The first-order valence-electron chi connectivity index (χ1n) is 8.99. The molecule has 0 aliphatic heterocycles. The van der Waals surface area contributed by atoms with Gasteiger partial charge in [-0.25, -0.2) is 4.79 Å². The lowest BCUT2D eigenvalue weighted by molar-refractivity contribution is -0.119. The SMILES string of the molecule is CCCCOc1ccc(C(=O)OCC(=O)Nc2ccc(OC)c(OC)c2)cc1. The van der Waals surface area contributed by atoms with Gasteiger partial charge in [0.15, 0.2) is 18.1 Å². The summed E-state index contributed by atoms with van der Waals surface area (Å²) < 4.78 is 20.9. The van der Waals surface area contributed by atoms with E-state index in [-0.39, 0.29) is 0 Å². The Bertz CT molecular complexity index is 788. The van der Waals surface area contributed by atoms with Gasteiger partial charge in [0.05, 0.1) is 26.4 Å². The summed E-state index contributed by atoms with van der Waals surface area (Å²) in [7, 11) is 3.03. The van der Waals surface area contributed by atoms with E-state index in [9.17, 15) is 9.59 Å². The van der Waals surface area contributed by atoms with Crippen LogP contribution in [0.3, 0.4) is 0 Å². The van der Waals surface area contributed by atoms with Crippen LogP contribution in [-0.2, 0) is 9.53 Å². The highest BCUT2D eigenvalue weighted by molar-refractivity contribution is 5.95. The monoisotopic (exact) mass is 387 g/mol. The highest BCUT2D eigenvalue weighted by Crippen LogP contribution is 2.29. The first-order valence-corrected chi connectivity index (χ1v) is 8.99. The minimum atomic E-state index is -0.581. The molecule has 1 N–H and O–H groups in total. The summed E-state index contributed by atoms with van der Waals surface area (Å²) in [5.41, 5.74) is 0.856. The molecule has 150 valence electrons. The number of hydrogen-bond donors (Lipinski definition) is 1. The summed E-state index contributed by atoms with van der Waals surface area (Å²) in [5.74, 6) is 0.687. The van der Waals surface area contributed by atoms with Gasteiger partial charge in [-0.3, -0.25) is 4.79 Å². The third-order valence-corrected chi connectivity index (χ3v) is 3.86. The molecule has 0 spiro atoms. The summed E-state index contributed by atoms with van der Waals surface area (Å²) in [4.78, 5) is 24.1. The smallest absolute Gasteiger partial charge is 0.338 e. The van der Waals surface area contributed by atoms with Crippen LogP contribution in [0, 0.1) is 0 Å². The lowest BCUT2D eigenvalue weighted by atomic mass is 10.2. The van der Waals surface area contributed by atoms with Crippen LogP contribution in [-0.4, -0.2) is 39.3 Å². The molecule has 0 unspecified atom stereocenters. The van der Waals surface area contributed by atoms with Gasteiger partial charge in [0.2, 0.25) is 0 Å². The first-order chi connectivity index (χ1) is 13.6. The van der Waals surface area contributed by atoms with Crippen molar-refractivity contribution < 1.29 is 28.5 Å². The summed E-state index contributed by atoms with van der Waals surface area (Å²) >= 11 is 0. The predicted octanol–water partition coefficient (Wildman–Crippen LogP) is 3.68. The van der Waals surface area contributed by atoms with Gasteiger partial charge in [-0.2, -0.15) is 0 Å². The van der Waals surface area contributed by atoms with Crippen molar-refractivity contribution in [1.82, 2.24) is 0 Å². The van der Waals surface area contributed by atoms with E-state index in [1.54, 1.807) is 42.5 Å². The van der Waals surface area contributed by atoms with Crippen molar-refractivity contribution in [2.45, 2.75) is 19.8 Å². The van der Waals surface area contributed by atoms with Crippen molar-refractivity contribution in [3.63, 3.8) is 0 Å². The van der Waals surface area contributed by atoms with Gasteiger partial charge >= 0.3 is 5.97 Å². The van der Waals surface area contributed by atoms with Gasteiger partial charge in [0, 0.05) is 11.8 Å². The topological polar surface area (TPSA) is 83.1 Å². The molecular weight excluding hydrogens is 362 g/mol. The molecule has 28 heavy (non-hydrogen) atoms. The maximum absolute atomic E-state index is 12.1. The molecule has 0 atom stereocenters. The standard InChI is InChI=1S/C21H25NO6/c1-4-5-12-27-17-9-6-15(7-10-17)21(24)28-14-20(23)22-16-8-11-18(25-2)19(13-16)26-3/h6-11,13H,4-5,12,14H2,1-3H3,(H,22,23). The van der Waals surface area contributed by atoms with Crippen LogP contribution in [0.25, 0.3) is 0 Å². The van der Waals surface area contributed by atoms with Gasteiger partial charge in [0.25, 0.3) is 5.91 Å². The first kappa shape index (κ1) is 21.1. The van der Waals surface area contributed by atoms with E-state index in [1.807, 2.05) is 0 Å². The molecule has 0 aliphatic rings. The maximum Gasteiger partial charge on any atom is 0.338 e. The number of amides is 1. The van der Waals surface area contributed by atoms with E-state index in [0.29, 0.717) is 35.1 Å². The number of carbonyl (C=O) groups excluding carboxylic acids is 2. The number of anilines is 1. The predicted molar refractivity (Wildman–Crippen MR) is 105 cm³/mol. The van der Waals surface area contributed by atoms with Crippen molar-refractivity contribution in [3.8, 4) is 17.2 Å². The van der Waals surface area contributed by atoms with Gasteiger partial charge in [-0.05, 0) is 42.8 Å². The molecule has 0 aliphatic carbocycles. The Labute approximate surface area is 164 Å². The summed E-state index contributed by atoms with van der Waals surface area (Å²) in [6, 6.07) is 11.6. The maximum atomic E-state index is 12.1. The Morgan fingerprint density at radius 2 is 1.68 bits per heavy atom. The van der Waals surface area contributed by atoms with E-state index >= 15 is 0 Å². The number of hydrogen-bond acceptors (Lipinski definition) is 6. The molecule has 2 aromatic rings. The van der Waals surface area contributed by atoms with Crippen LogP contribution in [0.2, 0.25) is 0 Å². The Morgan fingerprint density at radius 1 is 0.964 bits per heavy atom. The van der Waals surface area contributed by atoms with Crippen molar-refractivity contribution in [2.75, 3.05) is 32.8 Å². The third kappa shape index (κ3) is 6.19. The number of carbonyl (C=O) groups is 2. The number of benzene rings is 2. The molecular formula is C21H25NO6. The van der Waals surface area contributed by atoms with Crippen molar-refractivity contribution in [1.29, 1.82) is 0 Å². The second-order valence-corrected chi connectivity index (χ2v) is 5.92. The quantitative estimate of drug-likeness (QED) is 0.495. The second-order valence-electron chi connectivity index (χ2n) is 5.92. The van der Waals surface area contributed by atoms with Crippen molar-refractivity contribution in [2.24, 2.45) is 0 Å². The van der Waals surface area contributed by atoms with Crippen LogP contribution in [0.5, 0.6) is 17.2 Å². The van der Waals surface area contributed by atoms with Crippen LogP contribution in [0.4, 0.5) is 5.69 Å². The molecule has 0 saturated carbocycles. The molecule has 0 fully saturated rings. The number of ether oxygens (including phenoxy) is 4. The van der Waals surface area contributed by atoms with E-state index in [2.05, 4.69) is 12.2 Å². The minimum Gasteiger partial charge on any atom is -0.494 e. The zero-order valence-electron chi connectivity index (χ0n) is 16.3. The van der Waals surface area contributed by atoms with E-state index < -0.39 is 18.5 Å². The third-order valence-electron chi connectivity index (χ3n) is 3.86. The molecule has 0 saturated heterocycles. The zero-order chi connectivity index (χ0) is 20.4. The summed E-state index contributed by atoms with van der Waals surface area (Å²) in [5, 5.41) is 2.64. The fourth-order valence-electron chi connectivity index (χ4n) is 2.35. The average Bonchev–Trinajstić information content (AvgIpc) is 2.72. The number of methoxy groups -OCH3 is 2. The van der Waals surface area contributed by atoms with Gasteiger partial charge in [0.1, 0.15) is 5.75 Å². The minimum absolute atomic E-state index is 0.349. The summed E-state index contributed by atoms with van der Waals surface area (Å²) in [6.07, 6.45) is 2.02. The van der Waals surface area contributed by atoms with Crippen molar-refractivity contribution >= 4 is 17.6 Å². The average molecular weight is 387 g/mol. The fourth-order valence-corrected chi connectivity index (χ4v) is 2.35. The number of rotatable bonds is 10. The van der Waals surface area contributed by atoms with Gasteiger partial charge in [-0.1, -0.05) is 13.3 Å². The number of unbranched alkanes of at least 4 members (excludes halogenated alkanes) is 1. The van der Waals surface area contributed by atoms with E-state index in [4.69, 9.17) is 18.9 Å². The molecule has 0 radical (unpaired) electrons. The molecule has 7 nitrogen and oxygen atoms in total. The molecule has 1 amide bonds. The van der Waals surface area contributed by atoms with Crippen LogP contribution in [0.15, 0.2) is 42.5 Å². The fraction of sp³-hybridized carbons (Fsp3) is 0.333. The second kappa shape index (κ2) is 10.8.